The molecule has 2 saturated carbocycles. The Labute approximate surface area is 104 Å². The minimum atomic E-state index is -2.36. The summed E-state index contributed by atoms with van der Waals surface area (Å²) in [4.78, 5) is 0. The van der Waals surface area contributed by atoms with Gasteiger partial charge in [0, 0.05) is 11.8 Å². The highest BCUT2D eigenvalue weighted by molar-refractivity contribution is 5.11. The molecule has 0 aromatic heterocycles. The van der Waals surface area contributed by atoms with E-state index in [0.29, 0.717) is 23.7 Å². The fraction of sp³-hybridized carbons (Fsp3) is 1.00. The molecule has 2 fully saturated rings. The highest BCUT2D eigenvalue weighted by Gasteiger charge is 2.70. The number of hydrogen-bond acceptors (Lipinski definition) is 0. The van der Waals surface area contributed by atoms with Gasteiger partial charge in [-0.2, -0.15) is 0 Å². The monoisotopic (exact) mass is 244 g/mol. The van der Waals surface area contributed by atoms with Crippen molar-refractivity contribution < 1.29 is 8.78 Å². The first-order valence-electron chi connectivity index (χ1n) is 7.17. The maximum Gasteiger partial charge on any atom is 0.254 e. The van der Waals surface area contributed by atoms with Crippen molar-refractivity contribution in [2.24, 2.45) is 29.1 Å². The molecule has 0 saturated heterocycles. The summed E-state index contributed by atoms with van der Waals surface area (Å²) in [5.74, 6) is -0.0539. The van der Waals surface area contributed by atoms with Crippen molar-refractivity contribution in [1.29, 1.82) is 0 Å². The predicted octanol–water partition coefficient (Wildman–Crippen LogP) is 5.13. The smallest absolute Gasteiger partial charge is 0.206 e. The first-order valence-corrected chi connectivity index (χ1v) is 7.17. The molecule has 17 heavy (non-hydrogen) atoms. The molecule has 2 aliphatic rings. The van der Waals surface area contributed by atoms with Gasteiger partial charge >= 0.3 is 0 Å². The SMILES string of the molecule is CC(C)C1CCCC2(CC1C(C)C)CC2(F)F. The van der Waals surface area contributed by atoms with Crippen molar-refractivity contribution in [1.82, 2.24) is 0 Å². The van der Waals surface area contributed by atoms with Crippen LogP contribution in [0.1, 0.15) is 59.8 Å². The highest BCUT2D eigenvalue weighted by atomic mass is 19.3. The number of alkyl halides is 2. The van der Waals surface area contributed by atoms with Crippen LogP contribution in [0.3, 0.4) is 0 Å². The summed E-state index contributed by atoms with van der Waals surface area (Å²) < 4.78 is 27.2. The summed E-state index contributed by atoms with van der Waals surface area (Å²) >= 11 is 0. The summed E-state index contributed by atoms with van der Waals surface area (Å²) in [6.07, 6.45) is 3.83. The van der Waals surface area contributed by atoms with Crippen molar-refractivity contribution in [3.63, 3.8) is 0 Å². The molecule has 100 valence electrons. The zero-order valence-electron chi connectivity index (χ0n) is 11.6. The molecule has 0 aromatic carbocycles. The molecule has 2 heteroatoms. The van der Waals surface area contributed by atoms with Gasteiger partial charge in [0.2, 0.25) is 0 Å². The van der Waals surface area contributed by atoms with Crippen LogP contribution >= 0.6 is 0 Å². The zero-order chi connectivity index (χ0) is 12.8. The predicted molar refractivity (Wildman–Crippen MR) is 67.1 cm³/mol. The molecule has 2 rings (SSSR count). The van der Waals surface area contributed by atoms with Gasteiger partial charge < -0.3 is 0 Å². The van der Waals surface area contributed by atoms with E-state index in [4.69, 9.17) is 0 Å². The Balaban J connectivity index is 2.17. The van der Waals surface area contributed by atoms with Gasteiger partial charge in [0.25, 0.3) is 5.92 Å². The van der Waals surface area contributed by atoms with Crippen LogP contribution in [-0.4, -0.2) is 5.92 Å². The standard InChI is InChI=1S/C15H26F2/c1-10(2)12-6-5-7-14(9-15(14,16)17)8-13(12)11(3)4/h10-13H,5-9H2,1-4H3. The van der Waals surface area contributed by atoms with Gasteiger partial charge in [-0.25, -0.2) is 8.78 Å². The molecule has 2 aliphatic carbocycles. The molecule has 0 aromatic rings. The van der Waals surface area contributed by atoms with Crippen LogP contribution in [0.2, 0.25) is 0 Å². The molecule has 3 unspecified atom stereocenters. The van der Waals surface area contributed by atoms with E-state index in [2.05, 4.69) is 27.7 Å². The molecule has 0 radical (unpaired) electrons. The molecular formula is C15H26F2. The first-order chi connectivity index (χ1) is 7.79. The maximum atomic E-state index is 13.6. The molecule has 1 spiro atoms. The lowest BCUT2D eigenvalue weighted by molar-refractivity contribution is 0.0437. The second kappa shape index (κ2) is 4.20. The van der Waals surface area contributed by atoms with Gasteiger partial charge in [0.1, 0.15) is 0 Å². The lowest BCUT2D eigenvalue weighted by Crippen LogP contribution is -2.26. The second-order valence-electron chi connectivity index (χ2n) is 7.07. The summed E-state index contributed by atoms with van der Waals surface area (Å²) in [6, 6.07) is 0. The van der Waals surface area contributed by atoms with Crippen LogP contribution < -0.4 is 0 Å². The third-order valence-electron chi connectivity index (χ3n) is 5.29. The summed E-state index contributed by atoms with van der Waals surface area (Å²) in [5.41, 5.74) is -0.606. The van der Waals surface area contributed by atoms with Crippen LogP contribution in [0.15, 0.2) is 0 Å². The van der Waals surface area contributed by atoms with E-state index in [1.165, 1.54) is 0 Å². The Hall–Kier alpha value is -0.140. The average molecular weight is 244 g/mol. The van der Waals surface area contributed by atoms with Crippen molar-refractivity contribution in [2.45, 2.75) is 65.7 Å². The largest absolute Gasteiger partial charge is 0.254 e. The van der Waals surface area contributed by atoms with Gasteiger partial charge in [-0.3, -0.25) is 0 Å². The van der Waals surface area contributed by atoms with Crippen LogP contribution in [0.5, 0.6) is 0 Å². The Kier molecular flexibility index (Phi) is 3.29. The molecule has 0 N–H and O–H groups in total. The van der Waals surface area contributed by atoms with E-state index in [9.17, 15) is 8.78 Å². The normalized spacial score (nSPS) is 40.9. The number of rotatable bonds is 2. The zero-order valence-corrected chi connectivity index (χ0v) is 11.6. The molecule has 3 atom stereocenters. The van der Waals surface area contributed by atoms with E-state index in [-0.39, 0.29) is 6.42 Å². The molecule has 0 nitrogen and oxygen atoms in total. The lowest BCUT2D eigenvalue weighted by atomic mass is 9.73. The summed E-state index contributed by atoms with van der Waals surface area (Å²) in [6.45, 7) is 8.92. The fourth-order valence-electron chi connectivity index (χ4n) is 4.03. The second-order valence-corrected chi connectivity index (χ2v) is 7.07. The third-order valence-corrected chi connectivity index (χ3v) is 5.29. The van der Waals surface area contributed by atoms with Crippen LogP contribution in [-0.2, 0) is 0 Å². The van der Waals surface area contributed by atoms with Crippen molar-refractivity contribution in [2.75, 3.05) is 0 Å². The minimum absolute atomic E-state index is 0.161. The quantitative estimate of drug-likeness (QED) is 0.631. The Morgan fingerprint density at radius 1 is 1.00 bits per heavy atom. The average Bonchev–Trinajstić information content (AvgIpc) is 2.79. The van der Waals surface area contributed by atoms with Gasteiger partial charge in [0.15, 0.2) is 0 Å². The van der Waals surface area contributed by atoms with E-state index in [1.54, 1.807) is 0 Å². The van der Waals surface area contributed by atoms with Crippen LogP contribution in [0.25, 0.3) is 0 Å². The van der Waals surface area contributed by atoms with Crippen molar-refractivity contribution in [3.8, 4) is 0 Å². The van der Waals surface area contributed by atoms with Gasteiger partial charge in [0.05, 0.1) is 0 Å². The van der Waals surface area contributed by atoms with Crippen LogP contribution in [0.4, 0.5) is 8.78 Å². The minimum Gasteiger partial charge on any atom is -0.206 e. The highest BCUT2D eigenvalue weighted by Crippen LogP contribution is 2.68. The summed E-state index contributed by atoms with van der Waals surface area (Å²) in [7, 11) is 0. The third kappa shape index (κ3) is 2.24. The Bertz CT molecular complexity index is 283. The molecule has 0 bridgehead atoms. The first kappa shape index (κ1) is 13.3. The topological polar surface area (TPSA) is 0 Å². The Morgan fingerprint density at radius 3 is 1.94 bits per heavy atom. The number of halogens is 2. The molecule has 0 aliphatic heterocycles. The lowest BCUT2D eigenvalue weighted by Gasteiger charge is -2.33. The van der Waals surface area contributed by atoms with Crippen LogP contribution in [0, 0.1) is 29.1 Å². The van der Waals surface area contributed by atoms with E-state index < -0.39 is 11.3 Å². The Morgan fingerprint density at radius 2 is 1.53 bits per heavy atom. The fourth-order valence-corrected chi connectivity index (χ4v) is 4.03. The summed E-state index contributed by atoms with van der Waals surface area (Å²) in [5, 5.41) is 0. The maximum absolute atomic E-state index is 13.6. The van der Waals surface area contributed by atoms with E-state index in [0.717, 1.165) is 25.7 Å². The molecular weight excluding hydrogens is 218 g/mol. The van der Waals surface area contributed by atoms with Gasteiger partial charge in [-0.15, -0.1) is 0 Å². The molecule has 0 heterocycles. The van der Waals surface area contributed by atoms with Crippen molar-refractivity contribution in [3.05, 3.63) is 0 Å². The van der Waals surface area contributed by atoms with Gasteiger partial charge in [-0.05, 0) is 42.9 Å². The van der Waals surface area contributed by atoms with E-state index in [1.807, 2.05) is 0 Å². The molecule has 0 amide bonds. The number of hydrogen-bond donors (Lipinski definition) is 0. The van der Waals surface area contributed by atoms with Gasteiger partial charge in [-0.1, -0.05) is 34.1 Å². The van der Waals surface area contributed by atoms with E-state index >= 15 is 0 Å². The van der Waals surface area contributed by atoms with Crippen molar-refractivity contribution >= 4 is 0 Å².